The molecule has 0 heterocycles. The number of azo groups is 3. The van der Waals surface area contributed by atoms with E-state index in [2.05, 4.69) is 36.0 Å². The molecule has 0 aromatic heterocycles. The van der Waals surface area contributed by atoms with Crippen LogP contribution in [0.4, 0.5) is 45.5 Å². The van der Waals surface area contributed by atoms with Gasteiger partial charge in [0.2, 0.25) is 0 Å². The Hall–Kier alpha value is -6.11. The van der Waals surface area contributed by atoms with Crippen LogP contribution in [0, 0.1) is 0 Å². The van der Waals surface area contributed by atoms with E-state index in [1.54, 1.807) is 66.7 Å². The second kappa shape index (κ2) is 13.3. The molecular weight excluding hydrogens is 602 g/mol. The number of nitrogens with one attached hydrogen (secondary N) is 1. The predicted octanol–water partition coefficient (Wildman–Crippen LogP) is 10.8. The van der Waals surface area contributed by atoms with Gasteiger partial charge in [-0.15, -0.1) is 5.11 Å². The van der Waals surface area contributed by atoms with Crippen molar-refractivity contribution < 1.29 is 18.1 Å². The van der Waals surface area contributed by atoms with E-state index < -0.39 is 20.8 Å². The topological polar surface area (TPSA) is 161 Å². The first-order valence-corrected chi connectivity index (χ1v) is 15.4. The van der Waals surface area contributed by atoms with Crippen molar-refractivity contribution in [2.75, 3.05) is 5.32 Å². The molecule has 0 radical (unpaired) electrons. The van der Waals surface area contributed by atoms with Gasteiger partial charge in [0.15, 0.2) is 5.75 Å². The second-order valence-corrected chi connectivity index (χ2v) is 11.3. The quantitative estimate of drug-likeness (QED) is 0.107. The Morgan fingerprint density at radius 1 is 0.500 bits per heavy atom. The number of hydrogen-bond acceptors (Lipinski definition) is 10. The molecule has 3 N–H and O–H groups in total. The first kappa shape index (κ1) is 29.9. The maximum Gasteiger partial charge on any atom is 0.296 e. The first-order valence-electron chi connectivity index (χ1n) is 13.9. The molecule has 0 fully saturated rings. The van der Waals surface area contributed by atoms with Crippen LogP contribution in [-0.2, 0) is 10.1 Å². The van der Waals surface area contributed by atoms with Crippen molar-refractivity contribution in [3.8, 4) is 5.75 Å². The molecule has 0 aliphatic heterocycles. The molecule has 12 heteroatoms. The standard InChI is InChI=1S/C34H25N7O4S/c42-34-31-20-19-30(35-24-7-3-1-4-8-24)21-23(31)22-32(46(43,44)45)33(34)41-40-29-17-15-28(16-18-29)39-38-27-13-11-26(12-14-27)37-36-25-9-5-2-6-10-25/h1-22,35,42H,(H,43,44,45). The van der Waals surface area contributed by atoms with Gasteiger partial charge in [0.1, 0.15) is 10.6 Å². The minimum absolute atomic E-state index is 0.336. The SMILES string of the molecule is O=S(=O)(O)c1cc2cc(Nc3ccccc3)ccc2c(O)c1N=Nc1ccc(N=Nc2ccc(N=Nc3ccccc3)cc2)cc1. The fourth-order valence-electron chi connectivity index (χ4n) is 4.42. The lowest BCUT2D eigenvalue weighted by Crippen LogP contribution is -1.99. The molecule has 0 spiro atoms. The number of anilines is 2. The number of rotatable bonds is 9. The van der Waals surface area contributed by atoms with Crippen molar-refractivity contribution in [3.63, 3.8) is 0 Å². The van der Waals surface area contributed by atoms with Gasteiger partial charge >= 0.3 is 0 Å². The van der Waals surface area contributed by atoms with Gasteiger partial charge in [-0.25, -0.2) is 0 Å². The summed E-state index contributed by atoms with van der Waals surface area (Å²) in [5, 5.41) is 39.9. The van der Waals surface area contributed by atoms with Gasteiger partial charge in [0.05, 0.1) is 28.4 Å². The lowest BCUT2D eigenvalue weighted by atomic mass is 10.1. The molecule has 0 aliphatic rings. The van der Waals surface area contributed by atoms with E-state index in [0.29, 0.717) is 39.2 Å². The van der Waals surface area contributed by atoms with Gasteiger partial charge in [-0.3, -0.25) is 4.55 Å². The van der Waals surface area contributed by atoms with Crippen LogP contribution in [0.5, 0.6) is 5.75 Å². The normalized spacial score (nSPS) is 12.0. The molecule has 0 unspecified atom stereocenters. The van der Waals surface area contributed by atoms with Gasteiger partial charge < -0.3 is 10.4 Å². The molecule has 46 heavy (non-hydrogen) atoms. The van der Waals surface area contributed by atoms with Crippen molar-refractivity contribution in [2.45, 2.75) is 4.90 Å². The number of aromatic hydroxyl groups is 1. The van der Waals surface area contributed by atoms with Gasteiger partial charge in [-0.05, 0) is 102 Å². The van der Waals surface area contributed by atoms with Crippen LogP contribution in [0.25, 0.3) is 10.8 Å². The van der Waals surface area contributed by atoms with E-state index in [0.717, 1.165) is 11.4 Å². The van der Waals surface area contributed by atoms with E-state index in [-0.39, 0.29) is 5.69 Å². The molecule has 6 rings (SSSR count). The molecule has 6 aromatic rings. The van der Waals surface area contributed by atoms with Crippen molar-refractivity contribution in [1.82, 2.24) is 0 Å². The van der Waals surface area contributed by atoms with E-state index >= 15 is 0 Å². The lowest BCUT2D eigenvalue weighted by Gasteiger charge is -2.11. The van der Waals surface area contributed by atoms with Crippen LogP contribution >= 0.6 is 0 Å². The third kappa shape index (κ3) is 7.33. The fourth-order valence-corrected chi connectivity index (χ4v) is 5.07. The Morgan fingerprint density at radius 2 is 0.957 bits per heavy atom. The Morgan fingerprint density at radius 3 is 1.46 bits per heavy atom. The second-order valence-electron chi connectivity index (χ2n) is 9.94. The van der Waals surface area contributed by atoms with Crippen molar-refractivity contribution in [2.24, 2.45) is 30.7 Å². The largest absolute Gasteiger partial charge is 0.505 e. The molecule has 11 nitrogen and oxygen atoms in total. The molecule has 0 saturated carbocycles. The summed E-state index contributed by atoms with van der Waals surface area (Å²) in [6.45, 7) is 0. The third-order valence-corrected chi connectivity index (χ3v) is 7.54. The lowest BCUT2D eigenvalue weighted by molar-refractivity contribution is 0.472. The third-order valence-electron chi connectivity index (χ3n) is 6.67. The number of benzene rings is 6. The highest BCUT2D eigenvalue weighted by atomic mass is 32.2. The van der Waals surface area contributed by atoms with Crippen LogP contribution in [-0.4, -0.2) is 18.1 Å². The summed E-state index contributed by atoms with van der Waals surface area (Å²) in [6.07, 6.45) is 0. The summed E-state index contributed by atoms with van der Waals surface area (Å²) in [7, 11) is -4.76. The van der Waals surface area contributed by atoms with E-state index in [4.69, 9.17) is 0 Å². The predicted molar refractivity (Wildman–Crippen MR) is 177 cm³/mol. The Kier molecular flexibility index (Phi) is 8.63. The van der Waals surface area contributed by atoms with E-state index in [1.807, 2.05) is 60.7 Å². The van der Waals surface area contributed by atoms with Crippen molar-refractivity contribution in [3.05, 3.63) is 133 Å². The van der Waals surface area contributed by atoms with Crippen LogP contribution in [0.15, 0.2) is 169 Å². The minimum Gasteiger partial charge on any atom is -0.505 e. The highest BCUT2D eigenvalue weighted by molar-refractivity contribution is 7.86. The van der Waals surface area contributed by atoms with E-state index in [9.17, 15) is 18.1 Å². The number of para-hydroxylation sites is 1. The number of phenolic OH excluding ortho intramolecular Hbond substituents is 1. The summed E-state index contributed by atoms with van der Waals surface area (Å²) in [6, 6.07) is 38.8. The number of nitrogens with zero attached hydrogens (tertiary/aromatic N) is 6. The van der Waals surface area contributed by atoms with Crippen molar-refractivity contribution >= 4 is 66.4 Å². The monoisotopic (exact) mass is 627 g/mol. The number of fused-ring (bicyclic) bond motifs is 1. The van der Waals surface area contributed by atoms with Crippen molar-refractivity contribution in [1.29, 1.82) is 0 Å². The Balaban J connectivity index is 1.18. The molecule has 0 amide bonds. The summed E-state index contributed by atoms with van der Waals surface area (Å²) in [4.78, 5) is -0.573. The molecule has 0 aliphatic carbocycles. The van der Waals surface area contributed by atoms with Gasteiger partial charge in [0, 0.05) is 16.8 Å². The Labute approximate surface area is 264 Å². The fraction of sp³-hybridized carbons (Fsp3) is 0. The van der Waals surface area contributed by atoms with Gasteiger partial charge in [-0.1, -0.05) is 36.4 Å². The molecule has 0 atom stereocenters. The number of phenols is 1. The zero-order valence-corrected chi connectivity index (χ0v) is 24.8. The van der Waals surface area contributed by atoms with Gasteiger partial charge in [0.25, 0.3) is 10.1 Å². The molecule has 226 valence electrons. The van der Waals surface area contributed by atoms with Crippen LogP contribution in [0.3, 0.4) is 0 Å². The summed E-state index contributed by atoms with van der Waals surface area (Å²) < 4.78 is 34.5. The van der Waals surface area contributed by atoms with Crippen LogP contribution in [0.2, 0.25) is 0 Å². The zero-order chi connectivity index (χ0) is 31.9. The molecular formula is C34H25N7O4S. The highest BCUT2D eigenvalue weighted by Crippen LogP contribution is 2.42. The average molecular weight is 628 g/mol. The van der Waals surface area contributed by atoms with Crippen LogP contribution < -0.4 is 5.32 Å². The average Bonchev–Trinajstić information content (AvgIpc) is 3.07. The summed E-state index contributed by atoms with van der Waals surface area (Å²) in [5.41, 5.74) is 4.06. The Bertz CT molecular complexity index is 2190. The maximum atomic E-state index is 12.3. The van der Waals surface area contributed by atoms with Gasteiger partial charge in [-0.2, -0.15) is 34.0 Å². The zero-order valence-electron chi connectivity index (χ0n) is 24.0. The highest BCUT2D eigenvalue weighted by Gasteiger charge is 2.22. The smallest absolute Gasteiger partial charge is 0.296 e. The molecule has 6 aromatic carbocycles. The minimum atomic E-state index is -4.76. The molecule has 0 bridgehead atoms. The summed E-state index contributed by atoms with van der Waals surface area (Å²) in [5.74, 6) is -0.432. The summed E-state index contributed by atoms with van der Waals surface area (Å²) >= 11 is 0. The number of hydrogen-bond donors (Lipinski definition) is 3. The molecule has 0 saturated heterocycles. The van der Waals surface area contributed by atoms with E-state index in [1.165, 1.54) is 6.07 Å². The van der Waals surface area contributed by atoms with Crippen LogP contribution in [0.1, 0.15) is 0 Å². The maximum absolute atomic E-state index is 12.3. The first-order chi connectivity index (χ1) is 22.3.